The van der Waals surface area contributed by atoms with Crippen molar-refractivity contribution in [3.8, 4) is 0 Å². The first-order valence-corrected chi connectivity index (χ1v) is 7.26. The summed E-state index contributed by atoms with van der Waals surface area (Å²) < 4.78 is 5.85. The van der Waals surface area contributed by atoms with E-state index in [1.54, 1.807) is 6.20 Å². The Balaban J connectivity index is 1.66. The Labute approximate surface area is 128 Å². The monoisotopic (exact) mass is 298 g/mol. The maximum absolute atomic E-state index is 11.1. The van der Waals surface area contributed by atoms with Gasteiger partial charge in [0, 0.05) is 19.1 Å². The number of hydrogen-bond acceptors (Lipinski definition) is 5. The number of nitrogens with one attached hydrogen (secondary N) is 1. The molecule has 0 radical (unpaired) electrons. The standard InChI is InChI=1S/C16H18N4O2/c17-16(21)13-9-18-10-14(20-13)19-8-12-6-7-22-15(12)11-4-2-1-3-5-11/h1-5,9-10,12,15H,6-8H2,(H2,17,21)(H,19,20)/t12-,15-/m1/s1. The fourth-order valence-corrected chi connectivity index (χ4v) is 2.66. The number of rotatable bonds is 5. The molecule has 0 unspecified atom stereocenters. The van der Waals surface area contributed by atoms with Gasteiger partial charge in [-0.2, -0.15) is 0 Å². The Bertz CT molecular complexity index is 648. The van der Waals surface area contributed by atoms with Crippen LogP contribution in [-0.2, 0) is 4.74 Å². The number of anilines is 1. The van der Waals surface area contributed by atoms with Crippen LogP contribution in [0.4, 0.5) is 5.82 Å². The third-order valence-electron chi connectivity index (χ3n) is 3.77. The van der Waals surface area contributed by atoms with E-state index in [4.69, 9.17) is 10.5 Å². The minimum atomic E-state index is -0.581. The number of benzene rings is 1. The summed E-state index contributed by atoms with van der Waals surface area (Å²) in [5.74, 6) is 0.318. The molecular weight excluding hydrogens is 280 g/mol. The van der Waals surface area contributed by atoms with Gasteiger partial charge in [-0.05, 0) is 12.0 Å². The molecule has 1 amide bonds. The van der Waals surface area contributed by atoms with E-state index in [0.717, 1.165) is 13.0 Å². The maximum atomic E-state index is 11.1. The van der Waals surface area contributed by atoms with Crippen molar-refractivity contribution in [2.45, 2.75) is 12.5 Å². The molecule has 6 nitrogen and oxygen atoms in total. The topological polar surface area (TPSA) is 90.1 Å². The fraction of sp³-hybridized carbons (Fsp3) is 0.312. The number of primary amides is 1. The van der Waals surface area contributed by atoms with Crippen LogP contribution in [0.25, 0.3) is 0 Å². The lowest BCUT2D eigenvalue weighted by atomic mass is 9.95. The number of carbonyl (C=O) groups is 1. The van der Waals surface area contributed by atoms with Crippen molar-refractivity contribution >= 4 is 11.7 Å². The van der Waals surface area contributed by atoms with Gasteiger partial charge in [-0.1, -0.05) is 30.3 Å². The molecule has 0 bridgehead atoms. The molecule has 2 aromatic rings. The van der Waals surface area contributed by atoms with Crippen LogP contribution in [0.1, 0.15) is 28.6 Å². The van der Waals surface area contributed by atoms with Crippen LogP contribution in [0.15, 0.2) is 42.7 Å². The van der Waals surface area contributed by atoms with Gasteiger partial charge in [0.15, 0.2) is 0 Å². The summed E-state index contributed by atoms with van der Waals surface area (Å²) in [4.78, 5) is 19.2. The first-order valence-electron chi connectivity index (χ1n) is 7.26. The second-order valence-electron chi connectivity index (χ2n) is 5.29. The number of aromatic nitrogens is 2. The summed E-state index contributed by atoms with van der Waals surface area (Å²) in [6.45, 7) is 1.45. The molecule has 3 N–H and O–H groups in total. The van der Waals surface area contributed by atoms with Crippen LogP contribution < -0.4 is 11.1 Å². The summed E-state index contributed by atoms with van der Waals surface area (Å²) in [6.07, 6.45) is 4.01. The molecule has 0 spiro atoms. The van der Waals surface area contributed by atoms with E-state index >= 15 is 0 Å². The average molecular weight is 298 g/mol. The zero-order valence-electron chi connectivity index (χ0n) is 12.1. The smallest absolute Gasteiger partial charge is 0.268 e. The van der Waals surface area contributed by atoms with Gasteiger partial charge in [0.2, 0.25) is 0 Å². The molecule has 1 aromatic heterocycles. The van der Waals surface area contributed by atoms with E-state index in [-0.39, 0.29) is 11.8 Å². The molecule has 114 valence electrons. The number of nitrogens with zero attached hydrogens (tertiary/aromatic N) is 2. The summed E-state index contributed by atoms with van der Waals surface area (Å²) in [5, 5.41) is 3.22. The Morgan fingerprint density at radius 1 is 1.32 bits per heavy atom. The molecule has 2 atom stereocenters. The van der Waals surface area contributed by atoms with E-state index in [1.165, 1.54) is 11.8 Å². The highest BCUT2D eigenvalue weighted by molar-refractivity contribution is 5.90. The maximum Gasteiger partial charge on any atom is 0.268 e. The van der Waals surface area contributed by atoms with Crippen molar-refractivity contribution in [1.29, 1.82) is 0 Å². The average Bonchev–Trinajstić information content (AvgIpc) is 3.02. The summed E-state index contributed by atoms with van der Waals surface area (Å²) >= 11 is 0. The Morgan fingerprint density at radius 3 is 2.91 bits per heavy atom. The van der Waals surface area contributed by atoms with Crippen molar-refractivity contribution in [3.05, 3.63) is 54.0 Å². The second kappa shape index (κ2) is 6.53. The number of nitrogens with two attached hydrogens (primary N) is 1. The van der Waals surface area contributed by atoms with E-state index < -0.39 is 5.91 Å². The normalized spacial score (nSPS) is 20.7. The number of hydrogen-bond donors (Lipinski definition) is 2. The van der Waals surface area contributed by atoms with Crippen LogP contribution in [0, 0.1) is 5.92 Å². The Hall–Kier alpha value is -2.47. The lowest BCUT2D eigenvalue weighted by Crippen LogP contribution is -2.20. The molecule has 22 heavy (non-hydrogen) atoms. The molecule has 1 aliphatic rings. The van der Waals surface area contributed by atoms with Gasteiger partial charge in [-0.15, -0.1) is 0 Å². The fourth-order valence-electron chi connectivity index (χ4n) is 2.66. The highest BCUT2D eigenvalue weighted by Crippen LogP contribution is 2.34. The predicted molar refractivity (Wildman–Crippen MR) is 82.3 cm³/mol. The van der Waals surface area contributed by atoms with Crippen molar-refractivity contribution in [1.82, 2.24) is 9.97 Å². The summed E-state index contributed by atoms with van der Waals surface area (Å²) in [5.41, 5.74) is 6.55. The van der Waals surface area contributed by atoms with Crippen molar-refractivity contribution in [2.24, 2.45) is 11.7 Å². The third kappa shape index (κ3) is 3.23. The number of amides is 1. The molecule has 0 saturated carbocycles. The van der Waals surface area contributed by atoms with E-state index in [9.17, 15) is 4.79 Å². The Kier molecular flexibility index (Phi) is 4.29. The van der Waals surface area contributed by atoms with Gasteiger partial charge in [0.1, 0.15) is 11.5 Å². The van der Waals surface area contributed by atoms with Crippen LogP contribution >= 0.6 is 0 Å². The Morgan fingerprint density at radius 2 is 2.14 bits per heavy atom. The quantitative estimate of drug-likeness (QED) is 0.878. The predicted octanol–water partition coefficient (Wildman–Crippen LogP) is 1.77. The molecule has 1 saturated heterocycles. The van der Waals surface area contributed by atoms with Gasteiger partial charge in [-0.3, -0.25) is 9.78 Å². The SMILES string of the molecule is NC(=O)c1cncc(NC[C@H]2CCO[C@@H]2c2ccccc2)n1. The number of carbonyl (C=O) groups excluding carboxylic acids is 1. The van der Waals surface area contributed by atoms with Crippen LogP contribution in [0.3, 0.4) is 0 Å². The second-order valence-corrected chi connectivity index (χ2v) is 5.29. The van der Waals surface area contributed by atoms with Crippen LogP contribution in [0.2, 0.25) is 0 Å². The van der Waals surface area contributed by atoms with Gasteiger partial charge in [-0.25, -0.2) is 4.98 Å². The van der Waals surface area contributed by atoms with Gasteiger partial charge in [0.25, 0.3) is 5.91 Å². The van der Waals surface area contributed by atoms with Gasteiger partial charge < -0.3 is 15.8 Å². The van der Waals surface area contributed by atoms with E-state index in [1.807, 2.05) is 18.2 Å². The zero-order chi connectivity index (χ0) is 15.4. The van der Waals surface area contributed by atoms with Crippen LogP contribution in [-0.4, -0.2) is 29.0 Å². The largest absolute Gasteiger partial charge is 0.373 e. The molecule has 1 aromatic carbocycles. The molecule has 6 heteroatoms. The minimum absolute atomic E-state index is 0.0842. The highest BCUT2D eigenvalue weighted by Gasteiger charge is 2.29. The van der Waals surface area contributed by atoms with Crippen LogP contribution in [0.5, 0.6) is 0 Å². The van der Waals surface area contributed by atoms with Gasteiger partial charge >= 0.3 is 0 Å². The zero-order valence-corrected chi connectivity index (χ0v) is 12.1. The van der Waals surface area contributed by atoms with E-state index in [2.05, 4.69) is 27.4 Å². The first kappa shape index (κ1) is 14.5. The van der Waals surface area contributed by atoms with Crippen molar-refractivity contribution in [2.75, 3.05) is 18.5 Å². The van der Waals surface area contributed by atoms with Crippen molar-refractivity contribution in [3.63, 3.8) is 0 Å². The number of ether oxygens (including phenoxy) is 1. The van der Waals surface area contributed by atoms with E-state index in [0.29, 0.717) is 18.3 Å². The summed E-state index contributed by atoms with van der Waals surface area (Å²) in [7, 11) is 0. The first-order chi connectivity index (χ1) is 10.7. The molecule has 2 heterocycles. The lowest BCUT2D eigenvalue weighted by molar-refractivity contribution is 0.0932. The molecular formula is C16H18N4O2. The highest BCUT2D eigenvalue weighted by atomic mass is 16.5. The van der Waals surface area contributed by atoms with Gasteiger partial charge in [0.05, 0.1) is 18.5 Å². The minimum Gasteiger partial charge on any atom is -0.373 e. The lowest BCUT2D eigenvalue weighted by Gasteiger charge is -2.19. The molecule has 0 aliphatic carbocycles. The summed E-state index contributed by atoms with van der Waals surface area (Å²) in [6, 6.07) is 10.2. The molecule has 1 fully saturated rings. The van der Waals surface area contributed by atoms with Crippen molar-refractivity contribution < 1.29 is 9.53 Å². The molecule has 3 rings (SSSR count). The molecule has 1 aliphatic heterocycles. The third-order valence-corrected chi connectivity index (χ3v) is 3.77.